The van der Waals surface area contributed by atoms with Crippen LogP contribution < -0.4 is 0 Å². The molecule has 0 spiro atoms. The Morgan fingerprint density at radius 2 is 1.60 bits per heavy atom. The highest BCUT2D eigenvalue weighted by Crippen LogP contribution is 2.01. The zero-order valence-electron chi connectivity index (χ0n) is 3.54. The Kier molecular flexibility index (Phi) is 1.28. The summed E-state index contributed by atoms with van der Waals surface area (Å²) in [7, 11) is 1.36. The van der Waals surface area contributed by atoms with Crippen molar-refractivity contribution < 1.29 is 0 Å². The normalized spacial score (nSPS) is 33.6. The van der Waals surface area contributed by atoms with Crippen molar-refractivity contribution >= 4 is 18.1 Å². The fourth-order valence-electron chi connectivity index (χ4n) is 0.884. The first kappa shape index (κ1) is 3.62. The topological polar surface area (TPSA) is 0 Å². The van der Waals surface area contributed by atoms with Crippen molar-refractivity contribution in [3.05, 3.63) is 0 Å². The van der Waals surface area contributed by atoms with Gasteiger partial charge in [-0.05, 0) is 0 Å². The van der Waals surface area contributed by atoms with Crippen LogP contribution in [-0.4, -0.2) is 18.1 Å². The van der Waals surface area contributed by atoms with Crippen LogP contribution in [0.2, 0.25) is 12.1 Å². The zero-order chi connectivity index (χ0) is 3.54. The Morgan fingerprint density at radius 1 is 1.00 bits per heavy atom. The maximum absolute atomic E-state index is 1.70. The predicted molar refractivity (Wildman–Crippen MR) is 31.3 cm³/mol. The Labute approximate surface area is 37.4 Å². The van der Waals surface area contributed by atoms with Crippen molar-refractivity contribution in [3.63, 3.8) is 0 Å². The van der Waals surface area contributed by atoms with Crippen LogP contribution >= 0.6 is 0 Å². The van der Waals surface area contributed by atoms with E-state index in [-0.39, 0.29) is 0 Å². The molecule has 1 aliphatic rings. The summed E-state index contributed by atoms with van der Waals surface area (Å²) in [4.78, 5) is 0. The van der Waals surface area contributed by atoms with Crippen LogP contribution in [0.5, 0.6) is 0 Å². The summed E-state index contributed by atoms with van der Waals surface area (Å²) >= 11 is 0. The molecule has 2 heteroatoms. The van der Waals surface area contributed by atoms with E-state index >= 15 is 0 Å². The molecule has 1 rings (SSSR count). The van der Waals surface area contributed by atoms with E-state index in [0.717, 1.165) is 0 Å². The standard InChI is InChI=1S/C3H10Si2/c1-2-4-5-3-1/h1-5H2. The van der Waals surface area contributed by atoms with E-state index < -0.39 is 0 Å². The van der Waals surface area contributed by atoms with Gasteiger partial charge in [0, 0.05) is 18.1 Å². The van der Waals surface area contributed by atoms with Gasteiger partial charge in [0.25, 0.3) is 0 Å². The average Bonchev–Trinajstić information content (AvgIpc) is 1.76. The van der Waals surface area contributed by atoms with Gasteiger partial charge < -0.3 is 0 Å². The molecule has 1 fully saturated rings. The first-order valence-electron chi connectivity index (χ1n) is 2.50. The van der Waals surface area contributed by atoms with E-state index in [2.05, 4.69) is 0 Å². The van der Waals surface area contributed by atoms with Crippen LogP contribution in [0, 0.1) is 0 Å². The lowest BCUT2D eigenvalue weighted by atomic mass is 10.6. The number of hydrogen-bond acceptors (Lipinski definition) is 0. The Morgan fingerprint density at radius 3 is 1.80 bits per heavy atom. The highest BCUT2D eigenvalue weighted by Gasteiger charge is 1.97. The van der Waals surface area contributed by atoms with Crippen molar-refractivity contribution in [2.75, 3.05) is 0 Å². The predicted octanol–water partition coefficient (Wildman–Crippen LogP) is -0.521. The fourth-order valence-corrected chi connectivity index (χ4v) is 7.95. The van der Waals surface area contributed by atoms with Gasteiger partial charge >= 0.3 is 0 Å². The van der Waals surface area contributed by atoms with Crippen LogP contribution in [0.4, 0.5) is 0 Å². The minimum absolute atomic E-state index is 0.682. The molecule has 0 amide bonds. The van der Waals surface area contributed by atoms with E-state index in [1.54, 1.807) is 18.5 Å². The quantitative estimate of drug-likeness (QED) is 0.361. The molecule has 1 saturated heterocycles. The first-order chi connectivity index (χ1) is 2.50. The molecule has 0 bridgehead atoms. The van der Waals surface area contributed by atoms with Gasteiger partial charge in [-0.25, -0.2) is 0 Å². The van der Waals surface area contributed by atoms with Gasteiger partial charge in [0.2, 0.25) is 0 Å². The SMILES string of the molecule is C1C[SiH2][SiH2]C1. The smallest absolute Gasteiger partial charge is 0.00795 e. The maximum atomic E-state index is 1.70. The third kappa shape index (κ3) is 0.889. The molecular weight excluding hydrogens is 92.2 g/mol. The van der Waals surface area contributed by atoms with Crippen LogP contribution in [0.25, 0.3) is 0 Å². The number of hydrogen-bond donors (Lipinski definition) is 0. The number of rotatable bonds is 0. The van der Waals surface area contributed by atoms with Gasteiger partial charge in [-0.15, -0.1) is 0 Å². The summed E-state index contributed by atoms with van der Waals surface area (Å²) in [6, 6.07) is 3.40. The van der Waals surface area contributed by atoms with Crippen LogP contribution in [0.1, 0.15) is 6.42 Å². The minimum Gasteiger partial charge on any atom is -0.0655 e. The van der Waals surface area contributed by atoms with Crippen LogP contribution in [0.15, 0.2) is 0 Å². The molecule has 0 aliphatic carbocycles. The molecule has 0 unspecified atom stereocenters. The van der Waals surface area contributed by atoms with Gasteiger partial charge in [0.1, 0.15) is 0 Å². The molecule has 0 radical (unpaired) electrons. The summed E-state index contributed by atoms with van der Waals surface area (Å²) in [6.07, 6.45) is 1.62. The molecule has 0 aromatic heterocycles. The summed E-state index contributed by atoms with van der Waals surface area (Å²) in [6.45, 7) is 0. The largest absolute Gasteiger partial charge is 0.0655 e. The van der Waals surface area contributed by atoms with Crippen molar-refractivity contribution in [1.29, 1.82) is 0 Å². The first-order valence-corrected chi connectivity index (χ1v) is 8.50. The molecule has 0 aromatic rings. The van der Waals surface area contributed by atoms with Crippen LogP contribution in [-0.2, 0) is 0 Å². The monoisotopic (exact) mass is 102 g/mol. The average molecular weight is 102 g/mol. The van der Waals surface area contributed by atoms with E-state index in [1.165, 1.54) is 0 Å². The van der Waals surface area contributed by atoms with E-state index in [1.807, 2.05) is 0 Å². The fraction of sp³-hybridized carbons (Fsp3) is 1.00. The maximum Gasteiger partial charge on any atom is 0.00795 e. The van der Waals surface area contributed by atoms with E-state index in [0.29, 0.717) is 18.1 Å². The lowest BCUT2D eigenvalue weighted by molar-refractivity contribution is 1.10. The van der Waals surface area contributed by atoms with Crippen molar-refractivity contribution in [2.24, 2.45) is 0 Å². The van der Waals surface area contributed by atoms with E-state index in [9.17, 15) is 0 Å². The second-order valence-electron chi connectivity index (χ2n) is 1.77. The van der Waals surface area contributed by atoms with Crippen molar-refractivity contribution in [1.82, 2.24) is 0 Å². The minimum atomic E-state index is 0.682. The summed E-state index contributed by atoms with van der Waals surface area (Å²) in [5.41, 5.74) is 0. The van der Waals surface area contributed by atoms with Crippen molar-refractivity contribution in [3.8, 4) is 0 Å². The molecule has 1 aliphatic heterocycles. The molecule has 0 N–H and O–H groups in total. The molecule has 30 valence electrons. The molecule has 0 aromatic carbocycles. The summed E-state index contributed by atoms with van der Waals surface area (Å²) in [5.74, 6) is 0. The third-order valence-corrected chi connectivity index (χ3v) is 8.25. The van der Waals surface area contributed by atoms with Gasteiger partial charge in [0.05, 0.1) is 0 Å². The molecule has 0 saturated carbocycles. The van der Waals surface area contributed by atoms with Crippen LogP contribution in [0.3, 0.4) is 0 Å². The van der Waals surface area contributed by atoms with Gasteiger partial charge in [-0.3, -0.25) is 0 Å². The Hall–Kier alpha value is 0.434. The molecule has 5 heavy (non-hydrogen) atoms. The lowest BCUT2D eigenvalue weighted by Crippen LogP contribution is -1.86. The molecule has 1 heterocycles. The van der Waals surface area contributed by atoms with Gasteiger partial charge in [-0.2, -0.15) is 0 Å². The zero-order valence-corrected chi connectivity index (χ0v) is 6.36. The highest BCUT2D eigenvalue weighted by molar-refractivity contribution is 7.01. The Balaban J connectivity index is 2.08. The molecule has 0 atom stereocenters. The third-order valence-electron chi connectivity index (χ3n) is 1.25. The molecule has 0 nitrogen and oxygen atoms in total. The van der Waals surface area contributed by atoms with Crippen molar-refractivity contribution in [2.45, 2.75) is 18.5 Å². The second-order valence-corrected chi connectivity index (χ2v) is 8.84. The van der Waals surface area contributed by atoms with E-state index in [4.69, 9.17) is 0 Å². The summed E-state index contributed by atoms with van der Waals surface area (Å²) in [5, 5.41) is 0. The lowest BCUT2D eigenvalue weighted by Gasteiger charge is -1.68. The second kappa shape index (κ2) is 1.77. The van der Waals surface area contributed by atoms with Gasteiger partial charge in [0.15, 0.2) is 0 Å². The highest BCUT2D eigenvalue weighted by atomic mass is 29.1. The molecular formula is C3H10Si2. The Bertz CT molecular complexity index is 16.5. The summed E-state index contributed by atoms with van der Waals surface area (Å²) < 4.78 is 0. The van der Waals surface area contributed by atoms with Gasteiger partial charge in [-0.1, -0.05) is 18.5 Å².